The van der Waals surface area contributed by atoms with Gasteiger partial charge in [-0.3, -0.25) is 0 Å². The zero-order valence-corrected chi connectivity index (χ0v) is 16.9. The third-order valence-corrected chi connectivity index (χ3v) is 5.62. The Morgan fingerprint density at radius 1 is 1.13 bits per heavy atom. The molecule has 1 fully saturated rings. The number of nitriles is 1. The molecule has 1 saturated heterocycles. The van der Waals surface area contributed by atoms with Gasteiger partial charge in [-0.15, -0.1) is 0 Å². The van der Waals surface area contributed by atoms with Crippen molar-refractivity contribution in [3.63, 3.8) is 0 Å². The number of pyridine rings is 1. The number of hydrogen-bond acceptors (Lipinski definition) is 7. The van der Waals surface area contributed by atoms with E-state index in [4.69, 9.17) is 21.4 Å². The molecule has 4 atom stereocenters. The van der Waals surface area contributed by atoms with Gasteiger partial charge in [-0.2, -0.15) is 5.26 Å². The van der Waals surface area contributed by atoms with Crippen molar-refractivity contribution >= 4 is 12.2 Å². The van der Waals surface area contributed by atoms with Gasteiger partial charge >= 0.3 is 0 Å². The Balaban J connectivity index is 2.00. The first-order valence-electron chi connectivity index (χ1n) is 9.38. The van der Waals surface area contributed by atoms with E-state index in [2.05, 4.69) is 6.07 Å². The molecule has 30 heavy (non-hydrogen) atoms. The molecule has 0 spiro atoms. The lowest BCUT2D eigenvalue weighted by Gasteiger charge is -2.37. The van der Waals surface area contributed by atoms with Crippen LogP contribution in [0.5, 0.6) is 0 Å². The molecular formula is C22H20N2O5S. The van der Waals surface area contributed by atoms with Crippen molar-refractivity contribution in [1.82, 2.24) is 4.57 Å². The molecule has 0 unspecified atom stereocenters. The smallest absolute Gasteiger partial charge is 0.163 e. The molecule has 0 bridgehead atoms. The Hall–Kier alpha value is -2.80. The predicted octanol–water partition coefficient (Wildman–Crippen LogP) is 2.94. The Morgan fingerprint density at radius 3 is 2.50 bits per heavy atom. The second-order valence-electron chi connectivity index (χ2n) is 7.22. The van der Waals surface area contributed by atoms with Crippen LogP contribution in [0.15, 0.2) is 53.1 Å². The lowest BCUT2D eigenvalue weighted by atomic mass is 9.99. The standard InChI is InChI=1S/C22H20N2O5S/c1-12-4-6-13(7-5-12)16-9-14(18-3-2-8-28-18)15(10-23)22(30)24(16)21-20(27)19(26)17(25)11-29-21/h2-9,17,19-21,25-27H,11H2,1H3/t17-,19+,20-,21-/m1/s1. The van der Waals surface area contributed by atoms with E-state index in [1.165, 1.54) is 10.8 Å². The summed E-state index contributed by atoms with van der Waals surface area (Å²) < 4.78 is 12.8. The number of rotatable bonds is 3. The monoisotopic (exact) mass is 424 g/mol. The van der Waals surface area contributed by atoms with Crippen LogP contribution in [0.25, 0.3) is 22.6 Å². The topological polar surface area (TPSA) is 112 Å². The predicted molar refractivity (Wildman–Crippen MR) is 111 cm³/mol. The lowest BCUT2D eigenvalue weighted by Crippen LogP contribution is -2.51. The minimum absolute atomic E-state index is 0.134. The number of nitrogens with zero attached hydrogens (tertiary/aromatic N) is 2. The van der Waals surface area contributed by atoms with Crippen LogP contribution in [0.2, 0.25) is 0 Å². The highest BCUT2D eigenvalue weighted by molar-refractivity contribution is 7.71. The quantitative estimate of drug-likeness (QED) is 0.554. The Bertz CT molecular complexity index is 1150. The Kier molecular flexibility index (Phi) is 5.56. The lowest BCUT2D eigenvalue weighted by molar-refractivity contribution is -0.210. The number of aliphatic hydroxyl groups is 3. The molecule has 1 aromatic carbocycles. The first kappa shape index (κ1) is 20.5. The highest BCUT2D eigenvalue weighted by Crippen LogP contribution is 2.36. The summed E-state index contributed by atoms with van der Waals surface area (Å²) in [5, 5.41) is 40.5. The molecule has 2 aromatic heterocycles. The molecule has 4 rings (SSSR count). The Labute approximate surface area is 178 Å². The number of ether oxygens (including phenoxy) is 1. The summed E-state index contributed by atoms with van der Waals surface area (Å²) in [6, 6.07) is 15.0. The number of aromatic nitrogens is 1. The maximum absolute atomic E-state index is 10.6. The van der Waals surface area contributed by atoms with E-state index in [0.717, 1.165) is 11.1 Å². The zero-order chi connectivity index (χ0) is 21.4. The minimum Gasteiger partial charge on any atom is -0.464 e. The van der Waals surface area contributed by atoms with Crippen LogP contribution in [-0.4, -0.2) is 44.8 Å². The van der Waals surface area contributed by atoms with E-state index >= 15 is 0 Å². The van der Waals surface area contributed by atoms with E-state index in [1.54, 1.807) is 18.2 Å². The van der Waals surface area contributed by atoms with Crippen molar-refractivity contribution in [2.24, 2.45) is 0 Å². The van der Waals surface area contributed by atoms with Gasteiger partial charge in [0.25, 0.3) is 0 Å². The highest BCUT2D eigenvalue weighted by atomic mass is 32.1. The molecule has 8 heteroatoms. The summed E-state index contributed by atoms with van der Waals surface area (Å²) in [6.45, 7) is 1.79. The van der Waals surface area contributed by atoms with Gasteiger partial charge in [0.2, 0.25) is 0 Å². The second kappa shape index (κ2) is 8.14. The van der Waals surface area contributed by atoms with Crippen molar-refractivity contribution in [2.75, 3.05) is 6.61 Å². The van der Waals surface area contributed by atoms with Crippen molar-refractivity contribution in [3.8, 4) is 28.7 Å². The molecule has 0 amide bonds. The van der Waals surface area contributed by atoms with Crippen molar-refractivity contribution in [3.05, 3.63) is 64.5 Å². The van der Waals surface area contributed by atoms with Gasteiger partial charge in [-0.1, -0.05) is 42.0 Å². The van der Waals surface area contributed by atoms with E-state index in [-0.39, 0.29) is 16.8 Å². The molecule has 3 N–H and O–H groups in total. The Morgan fingerprint density at radius 2 is 1.87 bits per heavy atom. The molecular weight excluding hydrogens is 404 g/mol. The van der Waals surface area contributed by atoms with Gasteiger partial charge in [-0.05, 0) is 30.7 Å². The molecule has 0 saturated carbocycles. The average molecular weight is 424 g/mol. The molecule has 3 heterocycles. The fourth-order valence-electron chi connectivity index (χ4n) is 3.57. The summed E-state index contributed by atoms with van der Waals surface area (Å²) in [5.41, 5.74) is 3.13. The summed E-state index contributed by atoms with van der Waals surface area (Å²) in [7, 11) is 0. The van der Waals surface area contributed by atoms with Crippen molar-refractivity contribution < 1.29 is 24.5 Å². The van der Waals surface area contributed by atoms with Crippen LogP contribution in [0.3, 0.4) is 0 Å². The first-order chi connectivity index (χ1) is 14.4. The summed E-state index contributed by atoms with van der Waals surface area (Å²) in [4.78, 5) is 0. The third-order valence-electron chi connectivity index (χ3n) is 5.22. The van der Waals surface area contributed by atoms with Crippen LogP contribution < -0.4 is 0 Å². The average Bonchev–Trinajstić information content (AvgIpc) is 3.27. The van der Waals surface area contributed by atoms with Gasteiger partial charge in [0, 0.05) is 5.56 Å². The number of hydrogen-bond donors (Lipinski definition) is 3. The van der Waals surface area contributed by atoms with Gasteiger partial charge in [0.05, 0.1) is 24.1 Å². The molecule has 1 aliphatic heterocycles. The number of furan rings is 1. The molecule has 0 aliphatic carbocycles. The molecule has 1 aliphatic rings. The molecule has 0 radical (unpaired) electrons. The van der Waals surface area contributed by atoms with E-state index in [1.807, 2.05) is 31.2 Å². The van der Waals surface area contributed by atoms with E-state index in [0.29, 0.717) is 17.0 Å². The van der Waals surface area contributed by atoms with Gasteiger partial charge in [-0.25, -0.2) is 0 Å². The second-order valence-corrected chi connectivity index (χ2v) is 7.61. The first-order valence-corrected chi connectivity index (χ1v) is 9.79. The summed E-state index contributed by atoms with van der Waals surface area (Å²) >= 11 is 5.63. The van der Waals surface area contributed by atoms with Gasteiger partial charge in [0.1, 0.15) is 34.8 Å². The fraction of sp³-hybridized carbons (Fsp3) is 0.273. The van der Waals surface area contributed by atoms with Crippen LogP contribution in [-0.2, 0) is 4.74 Å². The normalized spacial score (nSPS) is 23.8. The molecule has 154 valence electrons. The number of aryl methyl sites for hydroxylation is 1. The SMILES string of the molecule is Cc1ccc(-c2cc(-c3ccco3)c(C#N)c(=S)n2[C@@H]2OC[C@@H](O)[C@H](O)[C@H]2O)cc1. The van der Waals surface area contributed by atoms with Gasteiger partial charge < -0.3 is 29.0 Å². The molecule has 7 nitrogen and oxygen atoms in total. The van der Waals surface area contributed by atoms with E-state index < -0.39 is 24.5 Å². The number of benzene rings is 1. The van der Waals surface area contributed by atoms with Crippen molar-refractivity contribution in [1.29, 1.82) is 5.26 Å². The van der Waals surface area contributed by atoms with Gasteiger partial charge in [0.15, 0.2) is 6.23 Å². The highest BCUT2D eigenvalue weighted by Gasteiger charge is 2.40. The van der Waals surface area contributed by atoms with Crippen LogP contribution >= 0.6 is 12.2 Å². The zero-order valence-electron chi connectivity index (χ0n) is 16.1. The van der Waals surface area contributed by atoms with Crippen LogP contribution in [0, 0.1) is 22.9 Å². The summed E-state index contributed by atoms with van der Waals surface area (Å²) in [6.07, 6.45) is -3.63. The summed E-state index contributed by atoms with van der Waals surface area (Å²) in [5.74, 6) is 0.485. The maximum Gasteiger partial charge on any atom is 0.163 e. The largest absolute Gasteiger partial charge is 0.464 e. The fourth-order valence-corrected chi connectivity index (χ4v) is 3.93. The molecule has 3 aromatic rings. The maximum atomic E-state index is 10.6. The van der Waals surface area contributed by atoms with Crippen molar-refractivity contribution in [2.45, 2.75) is 31.5 Å². The van der Waals surface area contributed by atoms with Crippen LogP contribution in [0.4, 0.5) is 0 Å². The third kappa shape index (κ3) is 3.47. The van der Waals surface area contributed by atoms with Crippen LogP contribution in [0.1, 0.15) is 17.4 Å². The number of aliphatic hydroxyl groups excluding tert-OH is 3. The minimum atomic E-state index is -1.44. The van der Waals surface area contributed by atoms with E-state index in [9.17, 15) is 20.6 Å².